The van der Waals surface area contributed by atoms with Crippen molar-refractivity contribution >= 4 is 5.78 Å². The second-order valence-electron chi connectivity index (χ2n) is 2.09. The van der Waals surface area contributed by atoms with Gasteiger partial charge in [-0.25, -0.2) is 4.39 Å². The zero-order chi connectivity index (χ0) is 10.3. The van der Waals surface area contributed by atoms with E-state index in [1.54, 1.807) is 0 Å². The molecule has 1 N–H and O–H groups in total. The molecule has 72 valence electrons. The summed E-state index contributed by atoms with van der Waals surface area (Å²) in [5.74, 6) is -0.788. The highest BCUT2D eigenvalue weighted by atomic mass is 19.1. The third-order valence-corrected chi connectivity index (χ3v) is 1.31. The monoisotopic (exact) mass is 184 g/mol. The molecule has 3 heteroatoms. The molecule has 0 amide bonds. The van der Waals surface area contributed by atoms with Gasteiger partial charge in [-0.3, -0.25) is 4.79 Å². The number of carbonyl (C=O) groups excluding carboxylic acids is 1. The van der Waals surface area contributed by atoms with Crippen molar-refractivity contribution in [3.63, 3.8) is 0 Å². The second-order valence-corrected chi connectivity index (χ2v) is 2.09. The van der Waals surface area contributed by atoms with Gasteiger partial charge in [-0.15, -0.1) is 0 Å². The Morgan fingerprint density at radius 2 is 1.77 bits per heavy atom. The maximum atomic E-state index is 12.3. The Morgan fingerprint density at radius 1 is 1.31 bits per heavy atom. The van der Waals surface area contributed by atoms with E-state index < -0.39 is 12.4 Å². The van der Waals surface area contributed by atoms with E-state index in [0.717, 1.165) is 0 Å². The molecule has 0 saturated carbocycles. The normalized spacial score (nSPS) is 8.62. The maximum Gasteiger partial charge on any atom is 0.188 e. The van der Waals surface area contributed by atoms with Gasteiger partial charge in [-0.2, -0.15) is 0 Å². The van der Waals surface area contributed by atoms with Crippen molar-refractivity contribution in [1.29, 1.82) is 0 Å². The number of hydrogen-bond donors (Lipinski definition) is 1. The van der Waals surface area contributed by atoms with Crippen LogP contribution in [0.15, 0.2) is 24.3 Å². The van der Waals surface area contributed by atoms with Crippen LogP contribution in [0.1, 0.15) is 24.2 Å². The van der Waals surface area contributed by atoms with Crippen molar-refractivity contribution in [2.75, 3.05) is 6.61 Å². The Morgan fingerprint density at radius 3 is 2.15 bits per heavy atom. The Labute approximate surface area is 77.0 Å². The number of carbonyl (C=O) groups is 1. The summed E-state index contributed by atoms with van der Waals surface area (Å²) in [6, 6.07) is 5.05. The highest BCUT2D eigenvalue weighted by Crippen LogP contribution is 2.02. The van der Waals surface area contributed by atoms with Crippen molar-refractivity contribution in [2.24, 2.45) is 0 Å². The summed E-state index contributed by atoms with van der Waals surface area (Å²) in [6.45, 7) is 3.46. The van der Waals surface area contributed by atoms with Gasteiger partial charge in [0.15, 0.2) is 5.78 Å². The zero-order valence-electron chi connectivity index (χ0n) is 7.75. The lowest BCUT2D eigenvalue weighted by atomic mass is 10.1. The lowest BCUT2D eigenvalue weighted by molar-refractivity contribution is 0.0903. The molecule has 0 radical (unpaired) electrons. The third kappa shape index (κ3) is 3.80. The molecule has 1 rings (SSSR count). The van der Waals surface area contributed by atoms with Gasteiger partial charge in [-0.1, -0.05) is 13.8 Å². The highest BCUT2D eigenvalue weighted by molar-refractivity contribution is 5.96. The average molecular weight is 184 g/mol. The summed E-state index contributed by atoms with van der Waals surface area (Å²) in [4.78, 5) is 10.8. The number of ketones is 1. The van der Waals surface area contributed by atoms with Gasteiger partial charge in [0, 0.05) is 5.56 Å². The Balaban J connectivity index is 0.000000671. The molecule has 0 atom stereocenters. The molecule has 0 aliphatic rings. The summed E-state index contributed by atoms with van der Waals surface area (Å²) in [5, 5.41) is 8.41. The molecule has 0 spiro atoms. The fraction of sp³-hybridized carbons (Fsp3) is 0.300. The van der Waals surface area contributed by atoms with Crippen molar-refractivity contribution in [2.45, 2.75) is 13.8 Å². The molecular weight excluding hydrogens is 171 g/mol. The Hall–Kier alpha value is -1.22. The zero-order valence-corrected chi connectivity index (χ0v) is 7.75. The van der Waals surface area contributed by atoms with Gasteiger partial charge in [0.2, 0.25) is 0 Å². The quantitative estimate of drug-likeness (QED) is 0.714. The Bertz CT molecular complexity index is 254. The molecule has 0 heterocycles. The van der Waals surface area contributed by atoms with Crippen molar-refractivity contribution in [3.05, 3.63) is 35.6 Å². The number of rotatable bonds is 2. The first-order chi connectivity index (χ1) is 6.24. The predicted octanol–water partition coefficient (Wildman–Crippen LogP) is 2.03. The van der Waals surface area contributed by atoms with Crippen LogP contribution in [0.2, 0.25) is 0 Å². The van der Waals surface area contributed by atoms with Crippen LogP contribution in [0.5, 0.6) is 0 Å². The fourth-order valence-corrected chi connectivity index (χ4v) is 0.727. The van der Waals surface area contributed by atoms with Gasteiger partial charge >= 0.3 is 0 Å². The highest BCUT2D eigenvalue weighted by Gasteiger charge is 2.02. The first-order valence-electron chi connectivity index (χ1n) is 4.13. The van der Waals surface area contributed by atoms with Crippen molar-refractivity contribution in [3.8, 4) is 0 Å². The van der Waals surface area contributed by atoms with E-state index in [-0.39, 0.29) is 5.82 Å². The smallest absolute Gasteiger partial charge is 0.188 e. The number of halogens is 1. The van der Waals surface area contributed by atoms with Gasteiger partial charge in [-0.05, 0) is 24.3 Å². The van der Waals surface area contributed by atoms with Crippen LogP contribution in [-0.4, -0.2) is 17.5 Å². The fourth-order valence-electron chi connectivity index (χ4n) is 0.727. The van der Waals surface area contributed by atoms with Crippen LogP contribution in [0.4, 0.5) is 4.39 Å². The van der Waals surface area contributed by atoms with E-state index >= 15 is 0 Å². The molecule has 2 nitrogen and oxygen atoms in total. The minimum atomic E-state index is -0.536. The molecule has 13 heavy (non-hydrogen) atoms. The summed E-state index contributed by atoms with van der Waals surface area (Å²) in [7, 11) is 0. The topological polar surface area (TPSA) is 37.3 Å². The van der Waals surface area contributed by atoms with E-state index in [4.69, 9.17) is 5.11 Å². The number of aliphatic hydroxyl groups is 1. The van der Waals surface area contributed by atoms with Crippen LogP contribution >= 0.6 is 0 Å². The third-order valence-electron chi connectivity index (χ3n) is 1.31. The molecule has 1 aromatic carbocycles. The van der Waals surface area contributed by atoms with E-state index in [2.05, 4.69) is 0 Å². The molecule has 1 aromatic rings. The number of hydrogen-bond acceptors (Lipinski definition) is 2. The van der Waals surface area contributed by atoms with E-state index in [9.17, 15) is 9.18 Å². The minimum Gasteiger partial charge on any atom is -0.388 e. The van der Waals surface area contributed by atoms with E-state index in [1.165, 1.54) is 24.3 Å². The standard InChI is InChI=1S/C8H7FO2.C2H6/c9-7-3-1-6(2-4-7)8(11)5-10;1-2/h1-4,10H,5H2;1-2H3. The molecule has 0 fully saturated rings. The number of aliphatic hydroxyl groups excluding tert-OH is 1. The predicted molar refractivity (Wildman–Crippen MR) is 49.2 cm³/mol. The minimum absolute atomic E-state index is 0.328. The van der Waals surface area contributed by atoms with Crippen molar-refractivity contribution < 1.29 is 14.3 Å². The van der Waals surface area contributed by atoms with E-state index in [1.807, 2.05) is 13.8 Å². The van der Waals surface area contributed by atoms with Gasteiger partial charge in [0.05, 0.1) is 0 Å². The van der Waals surface area contributed by atoms with Gasteiger partial charge in [0.1, 0.15) is 12.4 Å². The molecule has 0 aliphatic carbocycles. The Kier molecular flexibility index (Phi) is 5.72. The average Bonchev–Trinajstić information content (AvgIpc) is 2.21. The maximum absolute atomic E-state index is 12.3. The van der Waals surface area contributed by atoms with E-state index in [0.29, 0.717) is 5.56 Å². The molecular formula is C10H13FO2. The van der Waals surface area contributed by atoms with Gasteiger partial charge in [0.25, 0.3) is 0 Å². The first-order valence-corrected chi connectivity index (χ1v) is 4.13. The summed E-state index contributed by atoms with van der Waals surface area (Å²) in [6.07, 6.45) is 0. The lowest BCUT2D eigenvalue weighted by Crippen LogP contribution is -2.03. The second kappa shape index (κ2) is 6.31. The van der Waals surface area contributed by atoms with Crippen LogP contribution in [0.25, 0.3) is 0 Å². The SMILES string of the molecule is CC.O=C(CO)c1ccc(F)cc1. The molecule has 0 saturated heterocycles. The van der Waals surface area contributed by atoms with Crippen LogP contribution in [0, 0.1) is 5.82 Å². The molecule has 0 aromatic heterocycles. The van der Waals surface area contributed by atoms with Gasteiger partial charge < -0.3 is 5.11 Å². The largest absolute Gasteiger partial charge is 0.388 e. The van der Waals surface area contributed by atoms with Crippen LogP contribution < -0.4 is 0 Å². The summed E-state index contributed by atoms with van der Waals surface area (Å²) >= 11 is 0. The summed E-state index contributed by atoms with van der Waals surface area (Å²) < 4.78 is 12.3. The molecule has 0 bridgehead atoms. The molecule has 0 unspecified atom stereocenters. The van der Waals surface area contributed by atoms with Crippen molar-refractivity contribution in [1.82, 2.24) is 0 Å². The van der Waals surface area contributed by atoms with Crippen LogP contribution in [0.3, 0.4) is 0 Å². The first kappa shape index (κ1) is 11.8. The number of benzene rings is 1. The number of Topliss-reactive ketones (excluding diaryl/α,β-unsaturated/α-hetero) is 1. The van der Waals surface area contributed by atoms with Crippen LogP contribution in [-0.2, 0) is 0 Å². The molecule has 0 aliphatic heterocycles. The summed E-state index contributed by atoms with van der Waals surface area (Å²) in [5.41, 5.74) is 0.328. The lowest BCUT2D eigenvalue weighted by Gasteiger charge is -1.94.